The molecule has 6 nitrogen and oxygen atoms in total. The number of ketones is 1. The summed E-state index contributed by atoms with van der Waals surface area (Å²) >= 11 is 0. The Hall–Kier alpha value is -2.61. The first kappa shape index (κ1) is 18.7. The Morgan fingerprint density at radius 1 is 1.16 bits per heavy atom. The molecule has 1 aliphatic heterocycles. The van der Waals surface area contributed by atoms with Crippen LogP contribution in [0.15, 0.2) is 35.8 Å². The average molecular weight is 350 g/mol. The molecule has 0 bridgehead atoms. The highest BCUT2D eigenvalue weighted by Crippen LogP contribution is 2.10. The molecule has 1 aromatic rings. The normalized spacial score (nSPS) is 16.4. The van der Waals surface area contributed by atoms with Crippen molar-refractivity contribution in [2.45, 2.75) is 6.92 Å². The van der Waals surface area contributed by atoms with Crippen LogP contribution < -0.4 is 5.73 Å². The zero-order valence-electron chi connectivity index (χ0n) is 13.9. The lowest BCUT2D eigenvalue weighted by Gasteiger charge is -2.34. The predicted octanol–water partition coefficient (Wildman–Crippen LogP) is 1.33. The first-order chi connectivity index (χ1) is 11.8. The summed E-state index contributed by atoms with van der Waals surface area (Å²) in [6.07, 6.45) is 0. The summed E-state index contributed by atoms with van der Waals surface area (Å²) in [7, 11) is 0. The summed E-state index contributed by atoms with van der Waals surface area (Å²) in [6.45, 7) is 2.87. The fourth-order valence-electron chi connectivity index (χ4n) is 2.49. The highest BCUT2D eigenvalue weighted by atomic mass is 19.1. The van der Waals surface area contributed by atoms with Gasteiger partial charge in [-0.25, -0.2) is 8.78 Å². The molecular weight excluding hydrogens is 330 g/mol. The van der Waals surface area contributed by atoms with Crippen molar-refractivity contribution in [2.24, 2.45) is 5.73 Å². The van der Waals surface area contributed by atoms with E-state index in [1.807, 2.05) is 4.90 Å². The van der Waals surface area contributed by atoms with E-state index < -0.39 is 23.3 Å². The van der Waals surface area contributed by atoms with Gasteiger partial charge in [-0.05, 0) is 31.2 Å². The third-order valence-corrected chi connectivity index (χ3v) is 3.97. The van der Waals surface area contributed by atoms with Gasteiger partial charge < -0.3 is 10.6 Å². The molecule has 0 unspecified atom stereocenters. The van der Waals surface area contributed by atoms with Gasteiger partial charge in [0.05, 0.1) is 6.54 Å². The molecule has 1 amide bonds. The van der Waals surface area contributed by atoms with Crippen molar-refractivity contribution in [3.63, 3.8) is 0 Å². The molecule has 1 aromatic carbocycles. The number of carbonyl (C=O) groups excluding carboxylic acids is 2. The molecule has 1 saturated heterocycles. The summed E-state index contributed by atoms with van der Waals surface area (Å²) in [5, 5.41) is 7.56. The number of carbonyl (C=O) groups is 2. The number of Topliss-reactive ketones (excluding diaryl/α,β-unsaturated/α-hetero) is 1. The third kappa shape index (κ3) is 4.69. The summed E-state index contributed by atoms with van der Waals surface area (Å²) < 4.78 is 26.5. The van der Waals surface area contributed by atoms with Crippen LogP contribution in [0.3, 0.4) is 0 Å². The standard InChI is InChI=1S/C17H20F2N4O2/c1-11(20)15(19)16(21)17(25)23-8-6-22(7-9-23)10-14(24)12-2-4-13(18)5-3-12/h2-5,21H,6-10,20H2,1H3/b15-11+,21-16?. The van der Waals surface area contributed by atoms with Crippen LogP contribution in [0, 0.1) is 11.2 Å². The molecule has 25 heavy (non-hydrogen) atoms. The fraction of sp³-hybridized carbons (Fsp3) is 0.353. The van der Waals surface area contributed by atoms with Crippen LogP contribution in [0.25, 0.3) is 0 Å². The zero-order chi connectivity index (χ0) is 18.6. The van der Waals surface area contributed by atoms with Crippen LogP contribution in [0.5, 0.6) is 0 Å². The number of allylic oxidation sites excluding steroid dienone is 1. The van der Waals surface area contributed by atoms with Crippen molar-refractivity contribution in [3.8, 4) is 0 Å². The van der Waals surface area contributed by atoms with E-state index in [1.165, 1.54) is 36.1 Å². The van der Waals surface area contributed by atoms with Crippen molar-refractivity contribution < 1.29 is 18.4 Å². The van der Waals surface area contributed by atoms with E-state index in [2.05, 4.69) is 0 Å². The van der Waals surface area contributed by atoms with E-state index in [4.69, 9.17) is 11.1 Å². The SMILES string of the molecule is C/C(N)=C(\F)C(=N)C(=O)N1CCN(CC(=O)c2ccc(F)cc2)CC1. The number of piperazine rings is 1. The monoisotopic (exact) mass is 350 g/mol. The van der Waals surface area contributed by atoms with E-state index in [9.17, 15) is 18.4 Å². The van der Waals surface area contributed by atoms with Crippen LogP contribution in [-0.2, 0) is 4.79 Å². The summed E-state index contributed by atoms with van der Waals surface area (Å²) in [5.74, 6) is -2.27. The molecular formula is C17H20F2N4O2. The Labute approximate surface area is 144 Å². The van der Waals surface area contributed by atoms with Gasteiger partial charge in [0.25, 0.3) is 5.91 Å². The molecule has 134 valence electrons. The van der Waals surface area contributed by atoms with Gasteiger partial charge in [0, 0.05) is 37.4 Å². The molecule has 0 spiro atoms. The maximum absolute atomic E-state index is 13.6. The molecule has 0 aromatic heterocycles. The quantitative estimate of drug-likeness (QED) is 0.619. The molecule has 2 rings (SSSR count). The second-order valence-corrected chi connectivity index (χ2v) is 5.87. The van der Waals surface area contributed by atoms with Crippen LogP contribution in [-0.4, -0.2) is 59.9 Å². The Bertz CT molecular complexity index is 704. The zero-order valence-corrected chi connectivity index (χ0v) is 13.9. The van der Waals surface area contributed by atoms with Crippen LogP contribution in [0.2, 0.25) is 0 Å². The lowest BCUT2D eigenvalue weighted by atomic mass is 10.1. The minimum atomic E-state index is -1.01. The molecule has 0 radical (unpaired) electrons. The van der Waals surface area contributed by atoms with E-state index in [0.29, 0.717) is 18.7 Å². The van der Waals surface area contributed by atoms with Gasteiger partial charge in [-0.2, -0.15) is 0 Å². The van der Waals surface area contributed by atoms with Crippen LogP contribution in [0.1, 0.15) is 17.3 Å². The molecule has 8 heteroatoms. The number of benzene rings is 1. The number of rotatable bonds is 5. The Balaban J connectivity index is 1.88. The average Bonchev–Trinajstić information content (AvgIpc) is 2.60. The first-order valence-electron chi connectivity index (χ1n) is 7.80. The molecule has 0 saturated carbocycles. The topological polar surface area (TPSA) is 90.5 Å². The second kappa shape index (κ2) is 7.98. The largest absolute Gasteiger partial charge is 0.400 e. The minimum Gasteiger partial charge on any atom is -0.400 e. The second-order valence-electron chi connectivity index (χ2n) is 5.87. The van der Waals surface area contributed by atoms with Gasteiger partial charge in [0.15, 0.2) is 17.3 Å². The number of nitrogens with one attached hydrogen (secondary N) is 1. The smallest absolute Gasteiger partial charge is 0.274 e. The van der Waals surface area contributed by atoms with Gasteiger partial charge in [0.1, 0.15) is 5.82 Å². The highest BCUT2D eigenvalue weighted by molar-refractivity contribution is 6.43. The molecule has 1 fully saturated rings. The molecule has 3 N–H and O–H groups in total. The lowest BCUT2D eigenvalue weighted by Crippen LogP contribution is -2.51. The molecule has 0 aliphatic carbocycles. The lowest BCUT2D eigenvalue weighted by molar-refractivity contribution is -0.125. The van der Waals surface area contributed by atoms with Gasteiger partial charge in [0.2, 0.25) is 0 Å². The van der Waals surface area contributed by atoms with E-state index in [1.54, 1.807) is 0 Å². The van der Waals surface area contributed by atoms with Crippen molar-refractivity contribution in [1.29, 1.82) is 5.41 Å². The molecule has 1 aliphatic rings. The van der Waals surface area contributed by atoms with Crippen molar-refractivity contribution in [3.05, 3.63) is 47.2 Å². The minimum absolute atomic E-state index is 0.139. The van der Waals surface area contributed by atoms with Crippen LogP contribution in [0.4, 0.5) is 8.78 Å². The highest BCUT2D eigenvalue weighted by Gasteiger charge is 2.27. The maximum Gasteiger partial charge on any atom is 0.274 e. The number of nitrogens with zero attached hydrogens (tertiary/aromatic N) is 2. The Kier molecular flexibility index (Phi) is 5.97. The number of nitrogens with two attached hydrogens (primary N) is 1. The Morgan fingerprint density at radius 2 is 1.72 bits per heavy atom. The summed E-state index contributed by atoms with van der Waals surface area (Å²) in [6, 6.07) is 5.33. The van der Waals surface area contributed by atoms with E-state index >= 15 is 0 Å². The van der Waals surface area contributed by atoms with Gasteiger partial charge in [-0.1, -0.05) is 0 Å². The van der Waals surface area contributed by atoms with Gasteiger partial charge in [-0.3, -0.25) is 19.9 Å². The number of hydrogen-bond acceptors (Lipinski definition) is 5. The summed E-state index contributed by atoms with van der Waals surface area (Å²) in [4.78, 5) is 27.5. The van der Waals surface area contributed by atoms with E-state index in [0.717, 1.165) is 0 Å². The maximum atomic E-state index is 13.6. The van der Waals surface area contributed by atoms with Crippen molar-refractivity contribution >= 4 is 17.4 Å². The number of halogens is 2. The molecule has 1 heterocycles. The van der Waals surface area contributed by atoms with Gasteiger partial charge >= 0.3 is 0 Å². The van der Waals surface area contributed by atoms with Crippen LogP contribution >= 0.6 is 0 Å². The van der Waals surface area contributed by atoms with Gasteiger partial charge in [-0.15, -0.1) is 0 Å². The third-order valence-electron chi connectivity index (χ3n) is 3.97. The Morgan fingerprint density at radius 3 is 2.24 bits per heavy atom. The number of amides is 1. The number of hydrogen-bond donors (Lipinski definition) is 2. The molecule has 0 atom stereocenters. The summed E-state index contributed by atoms with van der Waals surface area (Å²) in [5.41, 5.74) is 4.73. The van der Waals surface area contributed by atoms with Crippen molar-refractivity contribution in [2.75, 3.05) is 32.7 Å². The van der Waals surface area contributed by atoms with E-state index in [-0.39, 0.29) is 31.1 Å². The fourth-order valence-corrected chi connectivity index (χ4v) is 2.49. The predicted molar refractivity (Wildman–Crippen MR) is 89.5 cm³/mol. The first-order valence-corrected chi connectivity index (χ1v) is 7.80. The van der Waals surface area contributed by atoms with Crippen molar-refractivity contribution in [1.82, 2.24) is 9.80 Å².